The number of hydrogen-bond acceptors (Lipinski definition) is 4. The molecule has 0 bridgehead atoms. The van der Waals surface area contributed by atoms with E-state index in [-0.39, 0.29) is 11.1 Å². The van der Waals surface area contributed by atoms with E-state index < -0.39 is 5.37 Å². The van der Waals surface area contributed by atoms with Crippen LogP contribution < -0.4 is 10.2 Å². The average molecular weight is 319 g/mol. The summed E-state index contributed by atoms with van der Waals surface area (Å²) in [6.07, 6.45) is 0. The van der Waals surface area contributed by atoms with Crippen molar-refractivity contribution in [3.63, 3.8) is 0 Å². The first-order valence-electron chi connectivity index (χ1n) is 6.27. The minimum atomic E-state index is -0.626. The summed E-state index contributed by atoms with van der Waals surface area (Å²) in [4.78, 5) is 25.6. The van der Waals surface area contributed by atoms with Gasteiger partial charge in [0.15, 0.2) is 5.37 Å². The fraction of sp³-hybridized carbons (Fsp3) is 0.0667. The molecule has 6 heteroatoms. The Morgan fingerprint density at radius 3 is 2.33 bits per heavy atom. The van der Waals surface area contributed by atoms with E-state index in [0.29, 0.717) is 10.7 Å². The van der Waals surface area contributed by atoms with Crippen molar-refractivity contribution in [1.29, 1.82) is 0 Å². The Labute approximate surface area is 131 Å². The normalized spacial score (nSPS) is 18.1. The highest BCUT2D eigenvalue weighted by Crippen LogP contribution is 2.32. The van der Waals surface area contributed by atoms with Crippen LogP contribution in [-0.4, -0.2) is 16.5 Å². The number of benzene rings is 2. The lowest BCUT2D eigenvalue weighted by atomic mass is 10.3. The fourth-order valence-electron chi connectivity index (χ4n) is 2.01. The second-order valence-electron chi connectivity index (χ2n) is 4.42. The van der Waals surface area contributed by atoms with E-state index in [2.05, 4.69) is 5.32 Å². The first-order valence-corrected chi connectivity index (χ1v) is 7.52. The molecule has 2 aromatic carbocycles. The number of thioether (sulfide) groups is 1. The van der Waals surface area contributed by atoms with Crippen molar-refractivity contribution in [2.75, 3.05) is 10.2 Å². The first-order chi connectivity index (χ1) is 10.1. The van der Waals surface area contributed by atoms with Crippen molar-refractivity contribution in [1.82, 2.24) is 0 Å². The molecule has 1 saturated heterocycles. The third kappa shape index (κ3) is 2.89. The van der Waals surface area contributed by atoms with Gasteiger partial charge in [-0.2, -0.15) is 0 Å². The molecule has 1 aliphatic rings. The maximum atomic E-state index is 12.4. The van der Waals surface area contributed by atoms with Crippen LogP contribution in [0.5, 0.6) is 0 Å². The van der Waals surface area contributed by atoms with E-state index in [0.717, 1.165) is 17.4 Å². The molecule has 0 aliphatic carbocycles. The van der Waals surface area contributed by atoms with Crippen LogP contribution in [0.25, 0.3) is 0 Å². The van der Waals surface area contributed by atoms with Gasteiger partial charge < -0.3 is 5.32 Å². The van der Waals surface area contributed by atoms with Gasteiger partial charge in [0.2, 0.25) is 0 Å². The fourth-order valence-corrected chi connectivity index (χ4v) is 3.04. The number of rotatable bonds is 3. The molecule has 0 saturated carbocycles. The lowest BCUT2D eigenvalue weighted by molar-refractivity contribution is -0.116. The zero-order valence-electron chi connectivity index (χ0n) is 10.8. The number of amides is 2. The smallest absolute Gasteiger partial charge is 0.295 e. The molecular weight excluding hydrogens is 308 g/mol. The highest BCUT2D eigenvalue weighted by atomic mass is 35.5. The molecule has 0 spiro atoms. The molecular formula is C15H11ClN2O2S. The maximum absolute atomic E-state index is 12.4. The molecule has 2 aromatic rings. The quantitative estimate of drug-likeness (QED) is 0.930. The van der Waals surface area contributed by atoms with E-state index in [1.165, 1.54) is 4.90 Å². The van der Waals surface area contributed by atoms with Crippen LogP contribution in [0.3, 0.4) is 0 Å². The van der Waals surface area contributed by atoms with E-state index in [1.54, 1.807) is 48.5 Å². The predicted octanol–water partition coefficient (Wildman–Crippen LogP) is 3.98. The van der Waals surface area contributed by atoms with Gasteiger partial charge in [0.25, 0.3) is 11.1 Å². The monoisotopic (exact) mass is 318 g/mol. The molecule has 2 amide bonds. The number of nitrogens with zero attached hydrogens (tertiary/aromatic N) is 1. The second kappa shape index (κ2) is 5.79. The lowest BCUT2D eigenvalue weighted by Gasteiger charge is -2.14. The highest BCUT2D eigenvalue weighted by molar-refractivity contribution is 8.16. The van der Waals surface area contributed by atoms with E-state index in [4.69, 9.17) is 11.6 Å². The number of para-hydroxylation sites is 1. The molecule has 3 rings (SSSR count). The van der Waals surface area contributed by atoms with Gasteiger partial charge in [-0.25, -0.2) is 4.90 Å². The number of carbonyl (C=O) groups is 2. The van der Waals surface area contributed by atoms with Gasteiger partial charge in [-0.05, 0) is 48.2 Å². The van der Waals surface area contributed by atoms with Crippen LogP contribution >= 0.6 is 23.4 Å². The zero-order chi connectivity index (χ0) is 14.8. The number of anilines is 2. The van der Waals surface area contributed by atoms with Crippen LogP contribution in [0.15, 0.2) is 54.6 Å². The number of carbonyl (C=O) groups excluding carboxylic acids is 2. The summed E-state index contributed by atoms with van der Waals surface area (Å²) in [5, 5.41) is 2.75. The van der Waals surface area contributed by atoms with Crippen molar-refractivity contribution in [2.24, 2.45) is 0 Å². The Hall–Kier alpha value is -1.98. The van der Waals surface area contributed by atoms with Crippen molar-refractivity contribution < 1.29 is 9.59 Å². The standard InChI is InChI=1S/C15H11ClN2O2S/c16-10-6-8-11(9-7-10)17-13-14(19)18(15(20)21-13)12-4-2-1-3-5-12/h1-9,13,17H/t13-/m1/s1. The van der Waals surface area contributed by atoms with Crippen LogP contribution in [0.2, 0.25) is 5.02 Å². The Bertz CT molecular complexity index is 676. The summed E-state index contributed by atoms with van der Waals surface area (Å²) in [6.45, 7) is 0. The summed E-state index contributed by atoms with van der Waals surface area (Å²) in [7, 11) is 0. The molecule has 0 radical (unpaired) electrons. The maximum Gasteiger partial charge on any atom is 0.295 e. The van der Waals surface area contributed by atoms with Crippen LogP contribution in [-0.2, 0) is 4.79 Å². The van der Waals surface area contributed by atoms with Gasteiger partial charge in [-0.3, -0.25) is 9.59 Å². The second-order valence-corrected chi connectivity index (χ2v) is 5.92. The van der Waals surface area contributed by atoms with Gasteiger partial charge in [-0.15, -0.1) is 0 Å². The third-order valence-corrected chi connectivity index (χ3v) is 4.19. The summed E-state index contributed by atoms with van der Waals surface area (Å²) >= 11 is 6.79. The number of nitrogens with one attached hydrogen (secondary N) is 1. The number of halogens is 1. The molecule has 1 N–H and O–H groups in total. The van der Waals surface area contributed by atoms with Crippen LogP contribution in [0, 0.1) is 0 Å². The highest BCUT2D eigenvalue weighted by Gasteiger charge is 2.40. The summed E-state index contributed by atoms with van der Waals surface area (Å²) in [6, 6.07) is 15.9. The van der Waals surface area contributed by atoms with Gasteiger partial charge >= 0.3 is 0 Å². The molecule has 106 valence electrons. The van der Waals surface area contributed by atoms with Gasteiger partial charge in [0, 0.05) is 10.7 Å². The van der Waals surface area contributed by atoms with Crippen molar-refractivity contribution in [3.8, 4) is 0 Å². The van der Waals surface area contributed by atoms with Crippen LogP contribution in [0.4, 0.5) is 16.2 Å². The molecule has 0 unspecified atom stereocenters. The Kier molecular flexibility index (Phi) is 3.86. The summed E-state index contributed by atoms with van der Waals surface area (Å²) in [5.74, 6) is -0.272. The molecule has 1 heterocycles. The van der Waals surface area contributed by atoms with E-state index in [1.807, 2.05) is 6.07 Å². The van der Waals surface area contributed by atoms with Gasteiger partial charge in [-0.1, -0.05) is 29.8 Å². The third-order valence-electron chi connectivity index (χ3n) is 3.00. The first kappa shape index (κ1) is 14.0. The number of hydrogen-bond donors (Lipinski definition) is 1. The molecule has 1 fully saturated rings. The Morgan fingerprint density at radius 1 is 1.00 bits per heavy atom. The predicted molar refractivity (Wildman–Crippen MR) is 85.8 cm³/mol. The largest absolute Gasteiger partial charge is 0.365 e. The van der Waals surface area contributed by atoms with Crippen LogP contribution in [0.1, 0.15) is 0 Å². The lowest BCUT2D eigenvalue weighted by Crippen LogP contribution is -2.34. The molecule has 1 atom stereocenters. The van der Waals surface area contributed by atoms with E-state index >= 15 is 0 Å². The van der Waals surface area contributed by atoms with Crippen molar-refractivity contribution in [2.45, 2.75) is 5.37 Å². The molecule has 1 aliphatic heterocycles. The minimum absolute atomic E-state index is 0.272. The zero-order valence-corrected chi connectivity index (χ0v) is 12.4. The van der Waals surface area contributed by atoms with Crippen molar-refractivity contribution >= 4 is 45.9 Å². The molecule has 21 heavy (non-hydrogen) atoms. The van der Waals surface area contributed by atoms with Gasteiger partial charge in [0.05, 0.1) is 5.69 Å². The molecule has 0 aromatic heterocycles. The van der Waals surface area contributed by atoms with Crippen molar-refractivity contribution in [3.05, 3.63) is 59.6 Å². The van der Waals surface area contributed by atoms with E-state index in [9.17, 15) is 9.59 Å². The average Bonchev–Trinajstić information content (AvgIpc) is 2.77. The number of imide groups is 1. The Balaban J connectivity index is 1.79. The minimum Gasteiger partial charge on any atom is -0.365 e. The topological polar surface area (TPSA) is 49.4 Å². The summed E-state index contributed by atoms with van der Waals surface area (Å²) in [5.41, 5.74) is 1.33. The molecule has 4 nitrogen and oxygen atoms in total. The Morgan fingerprint density at radius 2 is 1.67 bits per heavy atom. The van der Waals surface area contributed by atoms with Gasteiger partial charge in [0.1, 0.15) is 0 Å². The SMILES string of the molecule is O=C1S[C@@H](Nc2ccc(Cl)cc2)C(=O)N1c1ccccc1. The summed E-state index contributed by atoms with van der Waals surface area (Å²) < 4.78 is 0.